The quantitative estimate of drug-likeness (QED) is 0.205. The van der Waals surface area contributed by atoms with Crippen molar-refractivity contribution < 1.29 is 0 Å². The minimum absolute atomic E-state index is 0.437. The van der Waals surface area contributed by atoms with Gasteiger partial charge in [-0.05, 0) is 231 Å². The van der Waals surface area contributed by atoms with E-state index >= 15 is 0 Å². The summed E-state index contributed by atoms with van der Waals surface area (Å²) in [6, 6.07) is 0. The molecule has 0 saturated heterocycles. The van der Waals surface area contributed by atoms with Crippen LogP contribution in [0.2, 0.25) is 0 Å². The van der Waals surface area contributed by atoms with Crippen molar-refractivity contribution in [2.45, 2.75) is 441 Å². The summed E-state index contributed by atoms with van der Waals surface area (Å²) in [6.45, 7) is 110. The van der Waals surface area contributed by atoms with Gasteiger partial charge >= 0.3 is 0 Å². The minimum atomic E-state index is 0.437. The molecule has 7 saturated carbocycles. The van der Waals surface area contributed by atoms with Crippen LogP contribution < -0.4 is 0 Å². The highest BCUT2D eigenvalue weighted by molar-refractivity contribution is 5.00. The van der Waals surface area contributed by atoms with Crippen LogP contribution in [0.25, 0.3) is 0 Å². The zero-order valence-electron chi connectivity index (χ0n) is 74.8. The molecule has 7 aliphatic rings. The van der Waals surface area contributed by atoms with Crippen molar-refractivity contribution in [3.05, 3.63) is 0 Å². The van der Waals surface area contributed by atoms with Crippen LogP contribution >= 0.6 is 0 Å². The second-order valence-electron chi connectivity index (χ2n) is 43.9. The Morgan fingerprint density at radius 1 is 0.391 bits per heavy atom. The maximum Gasteiger partial charge on any atom is -0.0297 e. The highest BCUT2D eigenvalue weighted by Gasteiger charge is 2.49. The fourth-order valence-electron chi connectivity index (χ4n) is 10.5. The molecule has 0 heterocycles. The van der Waals surface area contributed by atoms with Gasteiger partial charge in [-0.3, -0.25) is 0 Å². The second kappa shape index (κ2) is 43.0. The molecule has 0 bridgehead atoms. The van der Waals surface area contributed by atoms with Crippen molar-refractivity contribution in [1.82, 2.24) is 0 Å². The molecular weight excluding hydrogens is 1110 g/mol. The fourth-order valence-corrected chi connectivity index (χ4v) is 10.5. The molecule has 0 heteroatoms. The fraction of sp³-hybridized carbons (Fsp3) is 1.00. The SMILES string of the molecule is CC(C)(C)C(C)(C)C.CC(C)(C)C(C)(C)C.CC(C)C(C)C(C)C.CC1(C2CC2)CC1.CC1CC(C)(C)C1.CC1CC(C)C1C.CCC(C)(C)C(C)(C)C.CCC(C)(C)C(C)C.CCC(C)C(C)(C)C.CCC1CC(C)C1.CC[C@@H](C)C(C)(C)C.C[C@H]1CC1C1CC1. The molecule has 7 rings (SSSR count). The van der Waals surface area contributed by atoms with Gasteiger partial charge in [0.25, 0.3) is 0 Å². The van der Waals surface area contributed by atoms with Gasteiger partial charge in [0.2, 0.25) is 0 Å². The summed E-state index contributed by atoms with van der Waals surface area (Å²) in [5, 5.41) is 0. The maximum atomic E-state index is 2.44. The van der Waals surface area contributed by atoms with Crippen molar-refractivity contribution in [2.75, 3.05) is 0 Å². The van der Waals surface area contributed by atoms with Crippen LogP contribution in [0.15, 0.2) is 0 Å². The van der Waals surface area contributed by atoms with Gasteiger partial charge in [0.05, 0.1) is 0 Å². The molecule has 7 fully saturated rings. The smallest absolute Gasteiger partial charge is 0.0297 e. The third-order valence-corrected chi connectivity index (χ3v) is 27.6. The molecule has 562 valence electrons. The van der Waals surface area contributed by atoms with E-state index in [-0.39, 0.29) is 0 Å². The summed E-state index contributed by atoms with van der Waals surface area (Å²) >= 11 is 0. The van der Waals surface area contributed by atoms with E-state index in [0.717, 1.165) is 88.3 Å². The van der Waals surface area contributed by atoms with Crippen LogP contribution in [0.3, 0.4) is 0 Å². The average molecular weight is 1300 g/mol. The van der Waals surface area contributed by atoms with Crippen LogP contribution in [0.4, 0.5) is 0 Å². The van der Waals surface area contributed by atoms with Gasteiger partial charge in [-0.1, -0.05) is 364 Å². The van der Waals surface area contributed by atoms with Gasteiger partial charge < -0.3 is 0 Å². The Labute approximate surface area is 592 Å². The first-order chi connectivity index (χ1) is 40.7. The lowest BCUT2D eigenvalue weighted by molar-refractivity contribution is 0.111. The van der Waals surface area contributed by atoms with E-state index in [1.165, 1.54) is 102 Å². The highest BCUT2D eigenvalue weighted by Crippen LogP contribution is 2.61. The average Bonchev–Trinajstić information content (AvgIpc) is 1.63. The summed E-state index contributed by atoms with van der Waals surface area (Å²) < 4.78 is 0. The molecule has 0 spiro atoms. The number of rotatable bonds is 10. The molecule has 4 unspecified atom stereocenters. The van der Waals surface area contributed by atoms with E-state index in [1.807, 2.05) is 0 Å². The Morgan fingerprint density at radius 2 is 0.717 bits per heavy atom. The van der Waals surface area contributed by atoms with E-state index in [9.17, 15) is 0 Å². The largest absolute Gasteiger partial charge is 0.0651 e. The first-order valence-corrected chi connectivity index (χ1v) is 40.7. The Morgan fingerprint density at radius 3 is 0.750 bits per heavy atom. The molecule has 0 aliphatic heterocycles. The highest BCUT2D eigenvalue weighted by atomic mass is 14.5. The standard InChI is InChI=1S/C9H20.6C8H18.2C7H12.3C7H14/c1-7-9(5,6)8(2,3)4;2*1-7(2,3)8(4,5)6;2*1-6-7(2)8(3,4)5;1-6-8(4,5)7(2)3;1-6(2)8(5)7(3)4;1-7(4-5-7)6-2-3-6;1-5-4-7(5)6-2-3-6;1-6-4-7(2,3)5-6;1-5-4-6(2)7(5)3;1-3-7-4-6(2)5-7/h7H2,1-6H3;2*1-6H3;3*7H,6H2,1-5H3;6-8H,1-5H3;6H,2-5H2,1H3;5-7H,2-4H2,1H3;6H,4-5H2,1-3H3;5-7H,4H2,1-3H3;6-7H,3-5H2,1-2H3/t;;;7-;;;;;5-,7?;;;/m...1....0.../s1. The summed E-state index contributed by atoms with van der Waals surface area (Å²) in [4.78, 5) is 0. The summed E-state index contributed by atoms with van der Waals surface area (Å²) in [6.07, 6.45) is 24.6. The van der Waals surface area contributed by atoms with Crippen LogP contribution in [-0.2, 0) is 0 Å². The maximum absolute atomic E-state index is 2.44. The van der Waals surface area contributed by atoms with Gasteiger partial charge in [0, 0.05) is 0 Å². The molecule has 0 aromatic carbocycles. The van der Waals surface area contributed by atoms with Crippen molar-refractivity contribution in [1.29, 1.82) is 0 Å². The monoisotopic (exact) mass is 1300 g/mol. The Hall–Kier alpha value is 0. The van der Waals surface area contributed by atoms with Gasteiger partial charge in [-0.25, -0.2) is 0 Å². The lowest BCUT2D eigenvalue weighted by atomic mass is 9.65. The summed E-state index contributed by atoms with van der Waals surface area (Å²) in [7, 11) is 0. The molecule has 0 radical (unpaired) electrons. The number of hydrogen-bond donors (Lipinski definition) is 0. The third-order valence-electron chi connectivity index (χ3n) is 27.6. The Kier molecular flexibility index (Phi) is 47.0. The van der Waals surface area contributed by atoms with Crippen molar-refractivity contribution >= 4 is 0 Å². The predicted molar refractivity (Wildman–Crippen MR) is 433 cm³/mol. The molecule has 0 aromatic rings. The first-order valence-electron chi connectivity index (χ1n) is 40.7. The summed E-state index contributed by atoms with van der Waals surface area (Å²) in [5.41, 5.74) is 5.79. The van der Waals surface area contributed by atoms with Gasteiger partial charge in [-0.15, -0.1) is 0 Å². The van der Waals surface area contributed by atoms with E-state index in [2.05, 4.69) is 332 Å². The first kappa shape index (κ1) is 101. The third kappa shape index (κ3) is 47.9. The zero-order chi connectivity index (χ0) is 74.8. The molecule has 0 amide bonds. The van der Waals surface area contributed by atoms with Gasteiger partial charge in [0.15, 0.2) is 0 Å². The van der Waals surface area contributed by atoms with Crippen LogP contribution in [0.1, 0.15) is 441 Å². The van der Waals surface area contributed by atoms with E-state index in [4.69, 9.17) is 0 Å². The number of hydrogen-bond acceptors (Lipinski definition) is 0. The molecule has 92 heavy (non-hydrogen) atoms. The van der Waals surface area contributed by atoms with Gasteiger partial charge in [0.1, 0.15) is 0 Å². The normalized spacial score (nSPS) is 24.5. The second-order valence-corrected chi connectivity index (χ2v) is 43.9. The zero-order valence-corrected chi connectivity index (χ0v) is 74.8. The molecule has 6 atom stereocenters. The van der Waals surface area contributed by atoms with E-state index in [0.29, 0.717) is 54.1 Å². The molecule has 0 N–H and O–H groups in total. The van der Waals surface area contributed by atoms with Crippen LogP contribution in [-0.4, -0.2) is 0 Å². The van der Waals surface area contributed by atoms with Crippen LogP contribution in [0.5, 0.6) is 0 Å². The van der Waals surface area contributed by atoms with Crippen molar-refractivity contribution in [3.63, 3.8) is 0 Å². The van der Waals surface area contributed by atoms with E-state index < -0.39 is 0 Å². The summed E-state index contributed by atoms with van der Waals surface area (Å²) in [5.74, 6) is 15.9. The van der Waals surface area contributed by atoms with Gasteiger partial charge in [-0.2, -0.15) is 0 Å². The lowest BCUT2D eigenvalue weighted by Gasteiger charge is -2.40. The molecule has 0 aromatic heterocycles. The Balaban J connectivity index is -0.000000299. The molecule has 0 nitrogen and oxygen atoms in total. The topological polar surface area (TPSA) is 0 Å². The lowest BCUT2D eigenvalue weighted by Crippen LogP contribution is -2.29. The van der Waals surface area contributed by atoms with Crippen molar-refractivity contribution in [3.8, 4) is 0 Å². The Bertz CT molecular complexity index is 1640. The predicted octanol–water partition coefficient (Wildman–Crippen LogP) is 33.2. The molecular formula is C92H194. The minimum Gasteiger partial charge on any atom is -0.0651 e. The van der Waals surface area contributed by atoms with E-state index in [1.54, 1.807) is 19.3 Å². The van der Waals surface area contributed by atoms with Crippen LogP contribution in [0, 0.1) is 154 Å². The van der Waals surface area contributed by atoms with Crippen molar-refractivity contribution in [2.24, 2.45) is 154 Å². The molecule has 7 aliphatic carbocycles.